The van der Waals surface area contributed by atoms with Gasteiger partial charge < -0.3 is 5.32 Å². The summed E-state index contributed by atoms with van der Waals surface area (Å²) >= 11 is 0. The van der Waals surface area contributed by atoms with Gasteiger partial charge >= 0.3 is 0 Å². The number of hydrogen-bond donors (Lipinski definition) is 1. The molecule has 29 heavy (non-hydrogen) atoms. The molecule has 0 bridgehead atoms. The predicted octanol–water partition coefficient (Wildman–Crippen LogP) is 3.25. The maximum absolute atomic E-state index is 12.7. The molecule has 0 saturated carbocycles. The highest BCUT2D eigenvalue weighted by atomic mass is 32.2. The monoisotopic (exact) mass is 419 g/mol. The van der Waals surface area contributed by atoms with E-state index < -0.39 is 27.4 Å². The Hall–Kier alpha value is -2.94. The van der Waals surface area contributed by atoms with Crippen molar-refractivity contribution in [1.29, 1.82) is 0 Å². The second-order valence-corrected chi connectivity index (χ2v) is 8.84. The molecule has 0 saturated heterocycles. The van der Waals surface area contributed by atoms with Crippen molar-refractivity contribution in [1.82, 2.24) is 5.32 Å². The Kier molecular flexibility index (Phi) is 6.97. The van der Waals surface area contributed by atoms with E-state index in [4.69, 9.17) is 0 Å². The van der Waals surface area contributed by atoms with Gasteiger partial charge in [-0.15, -0.1) is 0 Å². The summed E-state index contributed by atoms with van der Waals surface area (Å²) in [7, 11) is -3.83. The van der Waals surface area contributed by atoms with Gasteiger partial charge in [-0.1, -0.05) is 36.8 Å². The minimum absolute atomic E-state index is 0.0661. The molecule has 1 atom stereocenters. The Bertz CT molecular complexity index is 1020. The first-order valence-electron chi connectivity index (χ1n) is 9.11. The molecule has 2 rings (SSSR count). The lowest BCUT2D eigenvalue weighted by atomic mass is 9.97. The number of aryl methyl sites for hydroxylation is 2. The molecule has 0 aliphatic carbocycles. The van der Waals surface area contributed by atoms with Gasteiger partial charge in [0.15, 0.2) is 0 Å². The van der Waals surface area contributed by atoms with Gasteiger partial charge in [0.2, 0.25) is 15.9 Å². The van der Waals surface area contributed by atoms with Gasteiger partial charge in [0.1, 0.15) is 6.54 Å². The predicted molar refractivity (Wildman–Crippen MR) is 112 cm³/mol. The SMILES string of the molecule is CC[C@H](NC(=O)CN(c1cccc([N+](=O)[O-])c1)S(C)(=O)=O)c1ccc(C)cc1C. The van der Waals surface area contributed by atoms with E-state index in [1.165, 1.54) is 18.2 Å². The second kappa shape index (κ2) is 9.04. The van der Waals surface area contributed by atoms with Gasteiger partial charge in [-0.2, -0.15) is 0 Å². The molecule has 0 aromatic heterocycles. The molecule has 0 radical (unpaired) electrons. The van der Waals surface area contributed by atoms with E-state index in [1.54, 1.807) is 0 Å². The summed E-state index contributed by atoms with van der Waals surface area (Å²) in [6, 6.07) is 10.9. The van der Waals surface area contributed by atoms with Gasteiger partial charge in [-0.05, 0) is 37.5 Å². The van der Waals surface area contributed by atoms with Crippen LogP contribution in [0.2, 0.25) is 0 Å². The molecular weight excluding hydrogens is 394 g/mol. The highest BCUT2D eigenvalue weighted by Gasteiger charge is 2.24. The van der Waals surface area contributed by atoms with Crippen LogP contribution in [0.15, 0.2) is 42.5 Å². The topological polar surface area (TPSA) is 110 Å². The molecule has 1 amide bonds. The summed E-state index contributed by atoms with van der Waals surface area (Å²) in [6.45, 7) is 5.41. The number of nitrogens with one attached hydrogen (secondary N) is 1. The van der Waals surface area contributed by atoms with E-state index in [2.05, 4.69) is 5.32 Å². The summed E-state index contributed by atoms with van der Waals surface area (Å²) in [5.41, 5.74) is 2.93. The molecule has 0 aliphatic heterocycles. The number of nitro benzene ring substituents is 1. The van der Waals surface area contributed by atoms with Crippen molar-refractivity contribution in [2.45, 2.75) is 33.2 Å². The molecule has 0 unspecified atom stereocenters. The van der Waals surface area contributed by atoms with Crippen LogP contribution in [-0.2, 0) is 14.8 Å². The maximum Gasteiger partial charge on any atom is 0.271 e. The van der Waals surface area contributed by atoms with Crippen LogP contribution >= 0.6 is 0 Å². The molecule has 9 heteroatoms. The van der Waals surface area contributed by atoms with E-state index in [-0.39, 0.29) is 17.4 Å². The van der Waals surface area contributed by atoms with E-state index >= 15 is 0 Å². The average Bonchev–Trinajstić information content (AvgIpc) is 2.64. The van der Waals surface area contributed by atoms with Crippen LogP contribution in [0.1, 0.15) is 36.1 Å². The molecule has 156 valence electrons. The third-order valence-electron chi connectivity index (χ3n) is 4.56. The Morgan fingerprint density at radius 3 is 2.45 bits per heavy atom. The van der Waals surface area contributed by atoms with Gasteiger partial charge in [0.25, 0.3) is 5.69 Å². The lowest BCUT2D eigenvalue weighted by molar-refractivity contribution is -0.384. The lowest BCUT2D eigenvalue weighted by Crippen LogP contribution is -2.41. The minimum atomic E-state index is -3.83. The summed E-state index contributed by atoms with van der Waals surface area (Å²) in [6.07, 6.45) is 1.59. The standard InChI is InChI=1S/C20H25N3O5S/c1-5-19(18-10-9-14(2)11-15(18)3)21-20(24)13-22(29(4,27)28)16-7-6-8-17(12-16)23(25)26/h6-12,19H,5,13H2,1-4H3,(H,21,24)/t19-/m0/s1. The van der Waals surface area contributed by atoms with Crippen molar-refractivity contribution in [2.75, 3.05) is 17.1 Å². The van der Waals surface area contributed by atoms with Crippen molar-refractivity contribution in [3.05, 3.63) is 69.3 Å². The van der Waals surface area contributed by atoms with E-state index in [1.807, 2.05) is 39.0 Å². The van der Waals surface area contributed by atoms with E-state index in [9.17, 15) is 23.3 Å². The van der Waals surface area contributed by atoms with Crippen molar-refractivity contribution in [3.63, 3.8) is 0 Å². The number of nitro groups is 1. The average molecular weight is 420 g/mol. The fourth-order valence-corrected chi connectivity index (χ4v) is 4.00. The molecule has 0 aliphatic rings. The number of sulfonamides is 1. The van der Waals surface area contributed by atoms with Crippen molar-refractivity contribution in [3.8, 4) is 0 Å². The highest BCUT2D eigenvalue weighted by molar-refractivity contribution is 7.92. The smallest absolute Gasteiger partial charge is 0.271 e. The molecule has 0 fully saturated rings. The van der Waals surface area contributed by atoms with Gasteiger partial charge in [-0.3, -0.25) is 19.2 Å². The quantitative estimate of drug-likeness (QED) is 0.522. The number of rotatable bonds is 8. The van der Waals surface area contributed by atoms with Crippen LogP contribution in [0.25, 0.3) is 0 Å². The number of carbonyl (C=O) groups is 1. The molecule has 8 nitrogen and oxygen atoms in total. The number of anilines is 1. The summed E-state index contributed by atoms with van der Waals surface area (Å²) in [5, 5.41) is 13.9. The fourth-order valence-electron chi connectivity index (χ4n) is 3.15. The van der Waals surface area contributed by atoms with E-state index in [0.717, 1.165) is 33.3 Å². The first kappa shape index (κ1) is 22.4. The molecule has 2 aromatic carbocycles. The summed E-state index contributed by atoms with van der Waals surface area (Å²) < 4.78 is 25.3. The first-order valence-corrected chi connectivity index (χ1v) is 11.0. The van der Waals surface area contributed by atoms with Crippen LogP contribution in [0, 0.1) is 24.0 Å². The van der Waals surface area contributed by atoms with Crippen LogP contribution in [0.5, 0.6) is 0 Å². The number of non-ortho nitro benzene ring substituents is 1. The van der Waals surface area contributed by atoms with Crippen molar-refractivity contribution < 1.29 is 18.1 Å². The first-order chi connectivity index (χ1) is 13.5. The van der Waals surface area contributed by atoms with Crippen molar-refractivity contribution >= 4 is 27.3 Å². The van der Waals surface area contributed by atoms with E-state index in [0.29, 0.717) is 6.42 Å². The molecule has 0 heterocycles. The van der Waals surface area contributed by atoms with Crippen LogP contribution in [0.3, 0.4) is 0 Å². The second-order valence-electron chi connectivity index (χ2n) is 6.93. The third kappa shape index (κ3) is 5.77. The largest absolute Gasteiger partial charge is 0.348 e. The summed E-state index contributed by atoms with van der Waals surface area (Å²) in [4.78, 5) is 23.1. The van der Waals surface area contributed by atoms with Gasteiger partial charge in [0, 0.05) is 12.1 Å². The summed E-state index contributed by atoms with van der Waals surface area (Å²) in [5.74, 6) is -0.492. The number of amides is 1. The Labute approximate surface area is 170 Å². The van der Waals surface area contributed by atoms with Gasteiger partial charge in [-0.25, -0.2) is 8.42 Å². The number of hydrogen-bond acceptors (Lipinski definition) is 5. The van der Waals surface area contributed by atoms with Crippen molar-refractivity contribution in [2.24, 2.45) is 0 Å². The minimum Gasteiger partial charge on any atom is -0.348 e. The Morgan fingerprint density at radius 2 is 1.90 bits per heavy atom. The fraction of sp³-hybridized carbons (Fsp3) is 0.350. The normalized spacial score (nSPS) is 12.3. The third-order valence-corrected chi connectivity index (χ3v) is 5.70. The number of benzene rings is 2. The van der Waals surface area contributed by atoms with Crippen LogP contribution < -0.4 is 9.62 Å². The molecular formula is C20H25N3O5S. The zero-order chi connectivity index (χ0) is 21.8. The zero-order valence-corrected chi connectivity index (χ0v) is 17.7. The molecule has 1 N–H and O–H groups in total. The highest BCUT2D eigenvalue weighted by Crippen LogP contribution is 2.24. The van der Waals surface area contributed by atoms with Crippen LogP contribution in [-0.4, -0.2) is 32.0 Å². The number of nitrogens with zero attached hydrogens (tertiary/aromatic N) is 2. The molecule has 2 aromatic rings. The Balaban J connectivity index is 2.26. The van der Waals surface area contributed by atoms with Gasteiger partial charge in [0.05, 0.1) is 22.9 Å². The number of carbonyl (C=O) groups excluding carboxylic acids is 1. The maximum atomic E-state index is 12.7. The Morgan fingerprint density at radius 1 is 1.21 bits per heavy atom. The lowest BCUT2D eigenvalue weighted by Gasteiger charge is -2.24. The van der Waals surface area contributed by atoms with Crippen LogP contribution in [0.4, 0.5) is 11.4 Å². The molecule has 0 spiro atoms. The zero-order valence-electron chi connectivity index (χ0n) is 16.9.